The van der Waals surface area contributed by atoms with Crippen LogP contribution in [0.1, 0.15) is 5.56 Å². The summed E-state index contributed by atoms with van der Waals surface area (Å²) in [6.45, 7) is 2.98. The van der Waals surface area contributed by atoms with Crippen molar-refractivity contribution in [1.82, 2.24) is 10.2 Å². The number of aliphatic hydroxyl groups is 1. The maximum Gasteiger partial charge on any atom is 0.257 e. The number of nitrogens with zero attached hydrogens (tertiary/aromatic N) is 1. The lowest BCUT2D eigenvalue weighted by molar-refractivity contribution is -0.125. The van der Waals surface area contributed by atoms with Crippen molar-refractivity contribution in [3.05, 3.63) is 42.2 Å². The van der Waals surface area contributed by atoms with Crippen molar-refractivity contribution in [2.75, 3.05) is 26.2 Å². The molecule has 2 rings (SSSR count). The zero-order valence-corrected chi connectivity index (χ0v) is 9.60. The summed E-state index contributed by atoms with van der Waals surface area (Å²) in [5.41, 5.74) is 1.10. The number of nitrogens with one attached hydrogen (secondary N) is 1. The van der Waals surface area contributed by atoms with Gasteiger partial charge in [0, 0.05) is 26.2 Å². The van der Waals surface area contributed by atoms with E-state index in [2.05, 4.69) is 5.32 Å². The van der Waals surface area contributed by atoms with Gasteiger partial charge in [-0.1, -0.05) is 30.3 Å². The molecule has 90 valence electrons. The lowest BCUT2D eigenvalue weighted by atomic mass is 10.1. The summed E-state index contributed by atoms with van der Waals surface area (Å²) >= 11 is 0. The highest BCUT2D eigenvalue weighted by atomic mass is 16.2. The van der Waals surface area contributed by atoms with Gasteiger partial charge in [-0.3, -0.25) is 4.79 Å². The zero-order chi connectivity index (χ0) is 12.1. The molecule has 4 nitrogen and oxygen atoms in total. The first-order valence-electron chi connectivity index (χ1n) is 5.72. The predicted octanol–water partition coefficient (Wildman–Crippen LogP) is 1.02. The summed E-state index contributed by atoms with van der Waals surface area (Å²) in [5.74, 6) is -0.111. The van der Waals surface area contributed by atoms with Gasteiger partial charge < -0.3 is 15.3 Å². The van der Waals surface area contributed by atoms with E-state index in [9.17, 15) is 9.90 Å². The molecule has 1 aromatic rings. The minimum Gasteiger partial charge on any atom is -0.515 e. The Labute approximate surface area is 101 Å². The fraction of sp³-hybridized carbons (Fsp3) is 0.308. The average Bonchev–Trinajstić information content (AvgIpc) is 2.42. The molecule has 1 aliphatic heterocycles. The van der Waals surface area contributed by atoms with Crippen LogP contribution < -0.4 is 5.32 Å². The average molecular weight is 232 g/mol. The first-order valence-corrected chi connectivity index (χ1v) is 5.72. The second-order valence-corrected chi connectivity index (χ2v) is 3.95. The van der Waals surface area contributed by atoms with Gasteiger partial charge in [0.2, 0.25) is 0 Å². The molecular weight excluding hydrogens is 216 g/mol. The number of piperazine rings is 1. The minimum absolute atomic E-state index is 0.111. The minimum atomic E-state index is -0.111. The second-order valence-electron chi connectivity index (χ2n) is 3.95. The highest BCUT2D eigenvalue weighted by Crippen LogP contribution is 2.16. The molecule has 2 N–H and O–H groups in total. The van der Waals surface area contributed by atoms with E-state index in [1.165, 1.54) is 0 Å². The lowest BCUT2D eigenvalue weighted by Gasteiger charge is -2.28. The van der Waals surface area contributed by atoms with E-state index in [1.54, 1.807) is 4.90 Å². The van der Waals surface area contributed by atoms with Gasteiger partial charge in [0.15, 0.2) is 0 Å². The summed E-state index contributed by atoms with van der Waals surface area (Å²) in [4.78, 5) is 14.0. The van der Waals surface area contributed by atoms with Gasteiger partial charge in [-0.2, -0.15) is 0 Å². The zero-order valence-electron chi connectivity index (χ0n) is 9.60. The summed E-state index contributed by atoms with van der Waals surface area (Å²) in [6, 6.07) is 9.23. The SMILES string of the molecule is O=C(C(=CO)c1ccccc1)N1CCNCC1. The van der Waals surface area contributed by atoms with Gasteiger partial charge in [0.05, 0.1) is 11.8 Å². The number of amides is 1. The van der Waals surface area contributed by atoms with Gasteiger partial charge in [-0.25, -0.2) is 0 Å². The van der Waals surface area contributed by atoms with Crippen LogP contribution >= 0.6 is 0 Å². The molecule has 17 heavy (non-hydrogen) atoms. The van der Waals surface area contributed by atoms with Crippen LogP contribution in [0.2, 0.25) is 0 Å². The summed E-state index contributed by atoms with van der Waals surface area (Å²) < 4.78 is 0. The molecule has 1 amide bonds. The van der Waals surface area contributed by atoms with Crippen molar-refractivity contribution in [2.45, 2.75) is 0 Å². The Morgan fingerprint density at radius 3 is 2.47 bits per heavy atom. The molecule has 0 aromatic heterocycles. The largest absolute Gasteiger partial charge is 0.515 e. The smallest absolute Gasteiger partial charge is 0.257 e. The number of hydrogen-bond donors (Lipinski definition) is 2. The van der Waals surface area contributed by atoms with Gasteiger partial charge in [-0.15, -0.1) is 0 Å². The fourth-order valence-corrected chi connectivity index (χ4v) is 1.91. The molecule has 0 aliphatic carbocycles. The van der Waals surface area contributed by atoms with E-state index in [0.29, 0.717) is 18.7 Å². The number of carbonyl (C=O) groups excluding carboxylic acids is 1. The van der Waals surface area contributed by atoms with Crippen LogP contribution in [-0.2, 0) is 4.79 Å². The third kappa shape index (κ3) is 2.65. The molecular formula is C13H16N2O2. The third-order valence-electron chi connectivity index (χ3n) is 2.85. The Kier molecular flexibility index (Phi) is 3.77. The van der Waals surface area contributed by atoms with Crippen molar-refractivity contribution in [3.63, 3.8) is 0 Å². The lowest BCUT2D eigenvalue weighted by Crippen LogP contribution is -2.46. The topological polar surface area (TPSA) is 52.6 Å². The summed E-state index contributed by atoms with van der Waals surface area (Å²) in [5, 5.41) is 12.4. The van der Waals surface area contributed by atoms with Crippen LogP contribution in [0.4, 0.5) is 0 Å². The molecule has 0 unspecified atom stereocenters. The molecule has 0 bridgehead atoms. The molecule has 1 heterocycles. The van der Waals surface area contributed by atoms with E-state index in [1.807, 2.05) is 30.3 Å². The maximum atomic E-state index is 12.2. The van der Waals surface area contributed by atoms with Crippen LogP contribution in [0.5, 0.6) is 0 Å². The van der Waals surface area contributed by atoms with E-state index in [0.717, 1.165) is 24.9 Å². The molecule has 0 radical (unpaired) electrons. The van der Waals surface area contributed by atoms with Crippen LogP contribution in [0.3, 0.4) is 0 Å². The van der Waals surface area contributed by atoms with Crippen molar-refractivity contribution >= 4 is 11.5 Å². The van der Waals surface area contributed by atoms with E-state index in [4.69, 9.17) is 0 Å². The summed E-state index contributed by atoms with van der Waals surface area (Å²) in [6.07, 6.45) is 0.902. The Hall–Kier alpha value is -1.81. The Morgan fingerprint density at radius 2 is 1.88 bits per heavy atom. The summed E-state index contributed by atoms with van der Waals surface area (Å²) in [7, 11) is 0. The van der Waals surface area contributed by atoms with E-state index < -0.39 is 0 Å². The van der Waals surface area contributed by atoms with Gasteiger partial charge >= 0.3 is 0 Å². The first kappa shape index (κ1) is 11.7. The van der Waals surface area contributed by atoms with Crippen molar-refractivity contribution in [2.24, 2.45) is 0 Å². The molecule has 4 heteroatoms. The van der Waals surface area contributed by atoms with Crippen LogP contribution in [0.15, 0.2) is 36.6 Å². The molecule has 1 saturated heterocycles. The Balaban J connectivity index is 2.16. The quantitative estimate of drug-likeness (QED) is 0.591. The fourth-order valence-electron chi connectivity index (χ4n) is 1.91. The van der Waals surface area contributed by atoms with Crippen molar-refractivity contribution in [3.8, 4) is 0 Å². The maximum absolute atomic E-state index is 12.2. The predicted molar refractivity (Wildman–Crippen MR) is 66.5 cm³/mol. The number of hydrogen-bond acceptors (Lipinski definition) is 3. The van der Waals surface area contributed by atoms with Crippen LogP contribution in [-0.4, -0.2) is 42.1 Å². The van der Waals surface area contributed by atoms with Gasteiger partial charge in [0.25, 0.3) is 5.91 Å². The number of benzene rings is 1. The van der Waals surface area contributed by atoms with Gasteiger partial charge in [0.1, 0.15) is 0 Å². The Morgan fingerprint density at radius 1 is 1.24 bits per heavy atom. The normalized spacial score (nSPS) is 16.9. The molecule has 1 aliphatic rings. The molecule has 1 fully saturated rings. The van der Waals surface area contributed by atoms with Crippen molar-refractivity contribution < 1.29 is 9.90 Å². The van der Waals surface area contributed by atoms with Crippen LogP contribution in [0.25, 0.3) is 5.57 Å². The number of rotatable bonds is 2. The molecule has 1 aromatic carbocycles. The monoisotopic (exact) mass is 232 g/mol. The van der Waals surface area contributed by atoms with Gasteiger partial charge in [-0.05, 0) is 5.56 Å². The van der Waals surface area contributed by atoms with E-state index >= 15 is 0 Å². The standard InChI is InChI=1S/C13H16N2O2/c16-10-12(11-4-2-1-3-5-11)13(17)15-8-6-14-7-9-15/h1-5,10,14,16H,6-9H2. The molecule has 0 atom stereocenters. The third-order valence-corrected chi connectivity index (χ3v) is 2.85. The van der Waals surface area contributed by atoms with Crippen molar-refractivity contribution in [1.29, 1.82) is 0 Å². The highest BCUT2D eigenvalue weighted by molar-refractivity contribution is 6.19. The highest BCUT2D eigenvalue weighted by Gasteiger charge is 2.21. The number of carbonyl (C=O) groups is 1. The number of aliphatic hydroxyl groups excluding tert-OH is 1. The van der Waals surface area contributed by atoms with Crippen LogP contribution in [0, 0.1) is 0 Å². The second kappa shape index (κ2) is 5.50. The first-order chi connectivity index (χ1) is 8.33. The van der Waals surface area contributed by atoms with E-state index in [-0.39, 0.29) is 5.91 Å². The molecule has 0 saturated carbocycles. The Bertz CT molecular complexity index is 409. The molecule has 0 spiro atoms.